The van der Waals surface area contributed by atoms with Crippen LogP contribution in [0.1, 0.15) is 15.9 Å². The zero-order chi connectivity index (χ0) is 13.8. The van der Waals surface area contributed by atoms with E-state index in [0.29, 0.717) is 5.56 Å². The topological polar surface area (TPSA) is 40.5 Å². The molecule has 0 atom stereocenters. The van der Waals surface area contributed by atoms with Crippen molar-refractivity contribution in [3.63, 3.8) is 0 Å². The van der Waals surface area contributed by atoms with Crippen molar-refractivity contribution in [1.29, 1.82) is 0 Å². The van der Waals surface area contributed by atoms with Gasteiger partial charge in [0.2, 0.25) is 0 Å². The molecule has 0 heterocycles. The van der Waals surface area contributed by atoms with E-state index in [1.54, 1.807) is 12.1 Å². The van der Waals surface area contributed by atoms with E-state index in [9.17, 15) is 4.79 Å². The molecule has 2 aromatic carbocycles. The van der Waals surface area contributed by atoms with E-state index < -0.39 is 5.97 Å². The Labute approximate surface area is 113 Å². The summed E-state index contributed by atoms with van der Waals surface area (Å²) in [4.78, 5) is 12.9. The molecule has 19 heavy (non-hydrogen) atoms. The first-order valence-corrected chi connectivity index (χ1v) is 6.13. The molecule has 0 saturated heterocycles. The van der Waals surface area contributed by atoms with Gasteiger partial charge in [0.05, 0.1) is 5.56 Å². The third-order valence-electron chi connectivity index (χ3n) is 2.92. The van der Waals surface area contributed by atoms with E-state index in [1.807, 2.05) is 26.2 Å². The first-order chi connectivity index (χ1) is 9.06. The van der Waals surface area contributed by atoms with Crippen molar-refractivity contribution in [2.75, 3.05) is 14.1 Å². The second-order valence-corrected chi connectivity index (χ2v) is 4.82. The molecule has 98 valence electrons. The SMILES string of the molecule is CN(C)Cc1ccc(-c2ccc(C(=O)O)cc2)cc1. The summed E-state index contributed by atoms with van der Waals surface area (Å²) in [6, 6.07) is 15.3. The predicted molar refractivity (Wildman–Crippen MR) is 76.2 cm³/mol. The lowest BCUT2D eigenvalue weighted by Gasteiger charge is -2.10. The lowest BCUT2D eigenvalue weighted by Crippen LogP contribution is -2.10. The molecule has 0 aliphatic carbocycles. The summed E-state index contributed by atoms with van der Waals surface area (Å²) in [5.41, 5.74) is 3.70. The highest BCUT2D eigenvalue weighted by molar-refractivity contribution is 5.88. The third-order valence-corrected chi connectivity index (χ3v) is 2.92. The van der Waals surface area contributed by atoms with Crippen molar-refractivity contribution in [3.8, 4) is 11.1 Å². The summed E-state index contributed by atoms with van der Waals surface area (Å²) in [6.07, 6.45) is 0. The van der Waals surface area contributed by atoms with Crippen molar-refractivity contribution < 1.29 is 9.90 Å². The van der Waals surface area contributed by atoms with Gasteiger partial charge in [-0.15, -0.1) is 0 Å². The Morgan fingerprint density at radius 3 is 1.84 bits per heavy atom. The lowest BCUT2D eigenvalue weighted by atomic mass is 10.0. The Morgan fingerprint density at radius 1 is 0.947 bits per heavy atom. The van der Waals surface area contributed by atoms with Gasteiger partial charge in [-0.05, 0) is 42.9 Å². The van der Waals surface area contributed by atoms with Crippen molar-refractivity contribution in [1.82, 2.24) is 4.90 Å². The summed E-state index contributed by atoms with van der Waals surface area (Å²) in [7, 11) is 4.08. The number of nitrogens with zero attached hydrogens (tertiary/aromatic N) is 1. The largest absolute Gasteiger partial charge is 0.478 e. The maximum atomic E-state index is 10.8. The van der Waals surface area contributed by atoms with Crippen molar-refractivity contribution in [2.24, 2.45) is 0 Å². The molecule has 0 unspecified atom stereocenters. The van der Waals surface area contributed by atoms with Crippen molar-refractivity contribution >= 4 is 5.97 Å². The fourth-order valence-electron chi connectivity index (χ4n) is 1.97. The van der Waals surface area contributed by atoms with E-state index in [4.69, 9.17) is 5.11 Å². The Hall–Kier alpha value is -2.13. The Morgan fingerprint density at radius 2 is 1.42 bits per heavy atom. The average molecular weight is 255 g/mol. The van der Waals surface area contributed by atoms with Crippen LogP contribution in [0.2, 0.25) is 0 Å². The molecule has 2 rings (SSSR count). The summed E-state index contributed by atoms with van der Waals surface area (Å²) in [5, 5.41) is 8.86. The van der Waals surface area contributed by atoms with Gasteiger partial charge in [0.15, 0.2) is 0 Å². The smallest absolute Gasteiger partial charge is 0.335 e. The maximum absolute atomic E-state index is 10.8. The highest BCUT2D eigenvalue weighted by Gasteiger charge is 2.03. The molecule has 0 spiro atoms. The van der Waals surface area contributed by atoms with Crippen molar-refractivity contribution in [3.05, 3.63) is 59.7 Å². The van der Waals surface area contributed by atoms with Crippen LogP contribution in [0.4, 0.5) is 0 Å². The molecule has 0 saturated carbocycles. The van der Waals surface area contributed by atoms with Crippen LogP contribution in [0.25, 0.3) is 11.1 Å². The van der Waals surface area contributed by atoms with Crippen LogP contribution in [-0.4, -0.2) is 30.1 Å². The van der Waals surface area contributed by atoms with Crippen LogP contribution in [0, 0.1) is 0 Å². The Bertz CT molecular complexity index is 556. The van der Waals surface area contributed by atoms with Crippen LogP contribution < -0.4 is 0 Å². The summed E-state index contributed by atoms with van der Waals surface area (Å²) >= 11 is 0. The molecule has 0 aromatic heterocycles. The fraction of sp³-hybridized carbons (Fsp3) is 0.188. The van der Waals surface area contributed by atoms with Crippen LogP contribution in [0.15, 0.2) is 48.5 Å². The molecular weight excluding hydrogens is 238 g/mol. The van der Waals surface area contributed by atoms with Gasteiger partial charge in [-0.1, -0.05) is 36.4 Å². The van der Waals surface area contributed by atoms with Crippen LogP contribution >= 0.6 is 0 Å². The second-order valence-electron chi connectivity index (χ2n) is 4.82. The van der Waals surface area contributed by atoms with E-state index >= 15 is 0 Å². The summed E-state index contributed by atoms with van der Waals surface area (Å²) in [6.45, 7) is 0.915. The van der Waals surface area contributed by atoms with Crippen molar-refractivity contribution in [2.45, 2.75) is 6.54 Å². The number of carbonyl (C=O) groups is 1. The van der Waals surface area contributed by atoms with Gasteiger partial charge in [0.1, 0.15) is 0 Å². The molecular formula is C16H17NO2. The van der Waals surface area contributed by atoms with Gasteiger partial charge in [-0.3, -0.25) is 0 Å². The average Bonchev–Trinajstić information content (AvgIpc) is 2.39. The minimum absolute atomic E-state index is 0.313. The second kappa shape index (κ2) is 5.67. The highest BCUT2D eigenvalue weighted by atomic mass is 16.4. The van der Waals surface area contributed by atoms with Crippen LogP contribution in [-0.2, 0) is 6.54 Å². The highest BCUT2D eigenvalue weighted by Crippen LogP contribution is 2.20. The van der Waals surface area contributed by atoms with Gasteiger partial charge >= 0.3 is 5.97 Å². The number of aromatic carboxylic acids is 1. The van der Waals surface area contributed by atoms with Crippen LogP contribution in [0.5, 0.6) is 0 Å². The van der Waals surface area contributed by atoms with Gasteiger partial charge in [0.25, 0.3) is 0 Å². The van der Waals surface area contributed by atoms with E-state index in [1.165, 1.54) is 5.56 Å². The molecule has 0 aliphatic heterocycles. The first kappa shape index (κ1) is 13.3. The van der Waals surface area contributed by atoms with Gasteiger partial charge in [0, 0.05) is 6.54 Å². The minimum Gasteiger partial charge on any atom is -0.478 e. The molecule has 0 aliphatic rings. The molecule has 3 heteroatoms. The van der Waals surface area contributed by atoms with Gasteiger partial charge in [-0.2, -0.15) is 0 Å². The Kier molecular flexibility index (Phi) is 3.97. The normalized spacial score (nSPS) is 10.7. The number of carboxylic acids is 1. The lowest BCUT2D eigenvalue weighted by molar-refractivity contribution is 0.0697. The van der Waals surface area contributed by atoms with Crippen LogP contribution in [0.3, 0.4) is 0 Å². The summed E-state index contributed by atoms with van der Waals surface area (Å²) < 4.78 is 0. The quantitative estimate of drug-likeness (QED) is 0.912. The van der Waals surface area contributed by atoms with Gasteiger partial charge < -0.3 is 10.0 Å². The number of hydrogen-bond donors (Lipinski definition) is 1. The Balaban J connectivity index is 2.19. The van der Waals surface area contributed by atoms with E-state index in [0.717, 1.165) is 17.7 Å². The molecule has 0 bridgehead atoms. The molecule has 3 nitrogen and oxygen atoms in total. The molecule has 0 amide bonds. The first-order valence-electron chi connectivity index (χ1n) is 6.13. The maximum Gasteiger partial charge on any atom is 0.335 e. The van der Waals surface area contributed by atoms with Gasteiger partial charge in [-0.25, -0.2) is 4.79 Å². The zero-order valence-corrected chi connectivity index (χ0v) is 11.1. The summed E-state index contributed by atoms with van der Waals surface area (Å²) in [5.74, 6) is -0.895. The monoisotopic (exact) mass is 255 g/mol. The molecule has 0 radical (unpaired) electrons. The third kappa shape index (κ3) is 3.42. The van der Waals surface area contributed by atoms with E-state index in [2.05, 4.69) is 29.2 Å². The fourth-order valence-corrected chi connectivity index (χ4v) is 1.97. The number of rotatable bonds is 4. The minimum atomic E-state index is -0.895. The zero-order valence-electron chi connectivity index (χ0n) is 11.1. The number of benzene rings is 2. The predicted octanol–water partition coefficient (Wildman–Crippen LogP) is 3.11. The molecule has 0 fully saturated rings. The number of carboxylic acid groups (broad SMARTS) is 1. The van der Waals surface area contributed by atoms with E-state index in [-0.39, 0.29) is 0 Å². The molecule has 1 N–H and O–H groups in total. The standard InChI is InChI=1S/C16H17NO2/c1-17(2)11-12-3-5-13(6-4-12)14-7-9-15(10-8-14)16(18)19/h3-10H,11H2,1-2H3,(H,18,19). The number of hydrogen-bond acceptors (Lipinski definition) is 2. The molecule has 2 aromatic rings.